The lowest BCUT2D eigenvalue weighted by Crippen LogP contribution is -2.40. The zero-order chi connectivity index (χ0) is 21.1. The number of carbonyl (C=O) groups excluding carboxylic acids is 2. The summed E-state index contributed by atoms with van der Waals surface area (Å²) in [5.41, 5.74) is -0.912. The third-order valence-electron chi connectivity index (χ3n) is 7.76. The quantitative estimate of drug-likeness (QED) is 0.513. The SMILES string of the molecule is CC1(C)C[C@@H]2[C@H](C1=O)[C@@]1(C)C(=O)CC[C@H]1C2(Sc1ccccc1)Sc1ccccc1. The van der Waals surface area contributed by atoms with Crippen molar-refractivity contribution in [2.24, 2.45) is 28.6 Å². The third-order valence-corrected chi connectivity index (χ3v) is 11.1. The molecular formula is C26H28O2S2. The summed E-state index contributed by atoms with van der Waals surface area (Å²) in [5.74, 6) is 0.828. The molecule has 0 bridgehead atoms. The van der Waals surface area contributed by atoms with E-state index in [0.29, 0.717) is 18.0 Å². The van der Waals surface area contributed by atoms with Gasteiger partial charge in [0, 0.05) is 33.0 Å². The van der Waals surface area contributed by atoms with Gasteiger partial charge in [-0.3, -0.25) is 9.59 Å². The normalized spacial score (nSPS) is 33.5. The van der Waals surface area contributed by atoms with Gasteiger partial charge in [-0.1, -0.05) is 57.2 Å². The lowest BCUT2D eigenvalue weighted by atomic mass is 9.71. The maximum absolute atomic E-state index is 13.6. The average Bonchev–Trinajstić information content (AvgIpc) is 3.23. The summed E-state index contributed by atoms with van der Waals surface area (Å²) in [6.45, 7) is 6.27. The van der Waals surface area contributed by atoms with Gasteiger partial charge in [-0.25, -0.2) is 0 Å². The second kappa shape index (κ2) is 7.00. The molecule has 4 atom stereocenters. The first-order valence-corrected chi connectivity index (χ1v) is 12.5. The first-order valence-electron chi connectivity index (χ1n) is 10.8. The Morgan fingerprint density at radius 3 is 1.90 bits per heavy atom. The highest BCUT2D eigenvalue weighted by molar-refractivity contribution is 8.18. The molecule has 0 aliphatic heterocycles. The molecule has 3 saturated carbocycles. The minimum Gasteiger partial charge on any atom is -0.299 e. The molecule has 156 valence electrons. The summed E-state index contributed by atoms with van der Waals surface area (Å²) in [7, 11) is 0. The Kier molecular flexibility index (Phi) is 4.75. The maximum Gasteiger partial charge on any atom is 0.142 e. The smallest absolute Gasteiger partial charge is 0.142 e. The van der Waals surface area contributed by atoms with Crippen LogP contribution in [0.4, 0.5) is 0 Å². The van der Waals surface area contributed by atoms with Gasteiger partial charge in [0.2, 0.25) is 0 Å². The monoisotopic (exact) mass is 436 g/mol. The van der Waals surface area contributed by atoms with Crippen LogP contribution in [0, 0.1) is 28.6 Å². The Morgan fingerprint density at radius 2 is 1.37 bits per heavy atom. The average molecular weight is 437 g/mol. The summed E-state index contributed by atoms with van der Waals surface area (Å²) in [6.07, 6.45) is 2.34. The number of carbonyl (C=O) groups is 2. The van der Waals surface area contributed by atoms with Crippen LogP contribution in [0.3, 0.4) is 0 Å². The molecule has 0 saturated heterocycles. The highest BCUT2D eigenvalue weighted by Gasteiger charge is 2.75. The number of rotatable bonds is 4. The fourth-order valence-corrected chi connectivity index (χ4v) is 10.2. The number of hydrogen-bond acceptors (Lipinski definition) is 4. The molecule has 0 unspecified atom stereocenters. The highest BCUT2D eigenvalue weighted by atomic mass is 32.2. The van der Waals surface area contributed by atoms with E-state index < -0.39 is 5.41 Å². The Hall–Kier alpha value is -1.52. The molecule has 3 aliphatic rings. The molecule has 4 heteroatoms. The number of benzene rings is 2. The van der Waals surface area contributed by atoms with Gasteiger partial charge in [0.25, 0.3) is 0 Å². The molecule has 0 spiro atoms. The predicted octanol–water partition coefficient (Wildman–Crippen LogP) is 6.50. The van der Waals surface area contributed by atoms with Gasteiger partial charge in [-0.15, -0.1) is 23.5 Å². The van der Waals surface area contributed by atoms with Gasteiger partial charge < -0.3 is 0 Å². The Morgan fingerprint density at radius 1 is 0.833 bits per heavy atom. The van der Waals surface area contributed by atoms with Crippen molar-refractivity contribution in [3.8, 4) is 0 Å². The fourth-order valence-electron chi connectivity index (χ4n) is 6.40. The first-order chi connectivity index (χ1) is 14.3. The molecule has 0 amide bonds. The minimum absolute atomic E-state index is 0.167. The second-order valence-electron chi connectivity index (χ2n) is 9.89. The van der Waals surface area contributed by atoms with Gasteiger partial charge in [-0.2, -0.15) is 0 Å². The fraction of sp³-hybridized carbons (Fsp3) is 0.462. The molecule has 2 aromatic rings. The van der Waals surface area contributed by atoms with Crippen molar-refractivity contribution >= 4 is 35.1 Å². The predicted molar refractivity (Wildman–Crippen MR) is 124 cm³/mol. The van der Waals surface area contributed by atoms with Crippen LogP contribution in [0.2, 0.25) is 0 Å². The van der Waals surface area contributed by atoms with E-state index in [2.05, 4.69) is 69.3 Å². The molecule has 2 nitrogen and oxygen atoms in total. The molecule has 3 aliphatic carbocycles. The molecule has 0 radical (unpaired) electrons. The Labute approximate surface area is 187 Å². The maximum atomic E-state index is 13.6. The van der Waals surface area contributed by atoms with Crippen molar-refractivity contribution in [3.05, 3.63) is 60.7 Å². The molecule has 2 aromatic carbocycles. The summed E-state index contributed by atoms with van der Waals surface area (Å²) in [6, 6.07) is 21.1. The topological polar surface area (TPSA) is 34.1 Å². The molecule has 3 fully saturated rings. The largest absolute Gasteiger partial charge is 0.299 e. The summed E-state index contributed by atoms with van der Waals surface area (Å²) < 4.78 is -0.224. The van der Waals surface area contributed by atoms with Crippen molar-refractivity contribution in [3.63, 3.8) is 0 Å². The van der Waals surface area contributed by atoms with Crippen molar-refractivity contribution in [1.82, 2.24) is 0 Å². The Balaban J connectivity index is 1.70. The van der Waals surface area contributed by atoms with E-state index in [1.807, 2.05) is 35.7 Å². The molecule has 0 N–H and O–H groups in total. The first kappa shape index (κ1) is 20.4. The van der Waals surface area contributed by atoms with Crippen LogP contribution in [-0.4, -0.2) is 15.6 Å². The molecular weight excluding hydrogens is 408 g/mol. The van der Waals surface area contributed by atoms with Crippen molar-refractivity contribution in [2.75, 3.05) is 0 Å². The number of fused-ring (bicyclic) bond motifs is 3. The zero-order valence-electron chi connectivity index (χ0n) is 17.8. The minimum atomic E-state index is -0.543. The van der Waals surface area contributed by atoms with Crippen LogP contribution in [0.15, 0.2) is 70.5 Å². The van der Waals surface area contributed by atoms with E-state index in [4.69, 9.17) is 0 Å². The van der Waals surface area contributed by atoms with Crippen molar-refractivity contribution in [1.29, 1.82) is 0 Å². The third kappa shape index (κ3) is 2.79. The van der Waals surface area contributed by atoms with Gasteiger partial charge >= 0.3 is 0 Å². The van der Waals surface area contributed by atoms with Crippen LogP contribution in [0.25, 0.3) is 0 Å². The van der Waals surface area contributed by atoms with Gasteiger partial charge in [0.15, 0.2) is 0 Å². The van der Waals surface area contributed by atoms with Gasteiger partial charge in [0.05, 0.1) is 4.08 Å². The molecule has 0 aromatic heterocycles. The number of Topliss-reactive ketones (excluding diaryl/α,β-unsaturated/α-hetero) is 2. The van der Waals surface area contributed by atoms with Crippen LogP contribution >= 0.6 is 23.5 Å². The number of hydrogen-bond donors (Lipinski definition) is 0. The van der Waals surface area contributed by atoms with Gasteiger partial charge in [0.1, 0.15) is 11.6 Å². The number of ketones is 2. The van der Waals surface area contributed by atoms with E-state index in [9.17, 15) is 9.59 Å². The molecule has 30 heavy (non-hydrogen) atoms. The van der Waals surface area contributed by atoms with Crippen molar-refractivity contribution in [2.45, 2.75) is 53.9 Å². The molecule has 0 heterocycles. The zero-order valence-corrected chi connectivity index (χ0v) is 19.4. The van der Waals surface area contributed by atoms with Crippen molar-refractivity contribution < 1.29 is 9.59 Å². The Bertz CT molecular complexity index is 943. The number of thioether (sulfide) groups is 2. The van der Waals surface area contributed by atoms with Crippen LogP contribution < -0.4 is 0 Å². The standard InChI is InChI=1S/C26H28O2S2/c1-24(2)16-19-22(23(24)28)25(3)20(14-15-21(25)27)26(19,29-17-10-6-4-7-11-17)30-18-12-8-5-9-13-18/h4-13,19-20,22H,14-16H2,1-3H3/t19-,20-,22-,25-/m1/s1. The van der Waals surface area contributed by atoms with E-state index in [0.717, 1.165) is 12.8 Å². The van der Waals surface area contributed by atoms with Crippen LogP contribution in [0.1, 0.15) is 40.0 Å². The lowest BCUT2D eigenvalue weighted by Gasteiger charge is -2.41. The van der Waals surface area contributed by atoms with E-state index in [1.54, 1.807) is 0 Å². The van der Waals surface area contributed by atoms with E-state index in [1.165, 1.54) is 9.79 Å². The highest BCUT2D eigenvalue weighted by Crippen LogP contribution is 2.76. The summed E-state index contributed by atoms with van der Waals surface area (Å²) in [4.78, 5) is 29.4. The van der Waals surface area contributed by atoms with E-state index in [-0.39, 0.29) is 27.2 Å². The van der Waals surface area contributed by atoms with Crippen LogP contribution in [-0.2, 0) is 9.59 Å². The summed E-state index contributed by atoms with van der Waals surface area (Å²) in [5, 5.41) is 0. The van der Waals surface area contributed by atoms with Crippen LogP contribution in [0.5, 0.6) is 0 Å². The lowest BCUT2D eigenvalue weighted by molar-refractivity contribution is -0.138. The summed E-state index contributed by atoms with van der Waals surface area (Å²) >= 11 is 3.82. The van der Waals surface area contributed by atoms with E-state index >= 15 is 0 Å². The second-order valence-corrected chi connectivity index (χ2v) is 12.8. The molecule has 5 rings (SSSR count). The van der Waals surface area contributed by atoms with Gasteiger partial charge in [-0.05, 0) is 48.9 Å².